The lowest BCUT2D eigenvalue weighted by Crippen LogP contribution is -2.23. The average molecular weight is 199 g/mol. The van der Waals surface area contributed by atoms with Gasteiger partial charge in [0.15, 0.2) is 0 Å². The van der Waals surface area contributed by atoms with Crippen LogP contribution in [0.3, 0.4) is 0 Å². The molecule has 76 valence electrons. The Labute approximate surface area is 88.8 Å². The summed E-state index contributed by atoms with van der Waals surface area (Å²) in [5, 5.41) is 3.39. The van der Waals surface area contributed by atoms with E-state index < -0.39 is 0 Å². The molecule has 15 heavy (non-hydrogen) atoms. The van der Waals surface area contributed by atoms with E-state index in [4.69, 9.17) is 0 Å². The maximum atomic E-state index is 4.06. The Bertz CT molecular complexity index is 460. The summed E-state index contributed by atoms with van der Waals surface area (Å²) in [4.78, 5) is 4.06. The molecule has 0 atom stereocenters. The molecule has 1 aliphatic heterocycles. The van der Waals surface area contributed by atoms with Crippen LogP contribution in [0.1, 0.15) is 11.1 Å². The van der Waals surface area contributed by atoms with Crippen LogP contribution in [0, 0.1) is 0 Å². The standard InChI is InChI=1S/C12H13N3/c1-2-12(15-6-5-14-9-15)7-11-8-13-4-3-10(1)11/h1-2,5-7,9,13H,3-4,8H2. The summed E-state index contributed by atoms with van der Waals surface area (Å²) in [6.45, 7) is 2.08. The number of rotatable bonds is 1. The van der Waals surface area contributed by atoms with Gasteiger partial charge in [0.2, 0.25) is 0 Å². The molecule has 0 unspecified atom stereocenters. The van der Waals surface area contributed by atoms with Crippen LogP contribution >= 0.6 is 0 Å². The van der Waals surface area contributed by atoms with E-state index in [1.54, 1.807) is 6.20 Å². The van der Waals surface area contributed by atoms with Crippen molar-refractivity contribution in [3.8, 4) is 5.69 Å². The van der Waals surface area contributed by atoms with E-state index in [-0.39, 0.29) is 0 Å². The normalized spacial score (nSPS) is 14.9. The van der Waals surface area contributed by atoms with E-state index in [9.17, 15) is 0 Å². The molecule has 0 saturated carbocycles. The molecule has 1 N–H and O–H groups in total. The molecule has 0 bridgehead atoms. The van der Waals surface area contributed by atoms with Crippen LogP contribution in [0.5, 0.6) is 0 Å². The largest absolute Gasteiger partial charge is 0.312 e. The monoisotopic (exact) mass is 199 g/mol. The van der Waals surface area contributed by atoms with Crippen molar-refractivity contribution in [2.75, 3.05) is 6.54 Å². The van der Waals surface area contributed by atoms with Crippen molar-refractivity contribution >= 4 is 0 Å². The highest BCUT2D eigenvalue weighted by atomic mass is 15.0. The molecule has 3 rings (SSSR count). The van der Waals surface area contributed by atoms with E-state index in [1.165, 1.54) is 16.8 Å². The number of nitrogens with one attached hydrogen (secondary N) is 1. The maximum absolute atomic E-state index is 4.06. The maximum Gasteiger partial charge on any atom is 0.0991 e. The lowest BCUT2D eigenvalue weighted by molar-refractivity contribution is 0.643. The van der Waals surface area contributed by atoms with Gasteiger partial charge in [0.25, 0.3) is 0 Å². The number of benzene rings is 1. The Balaban J connectivity index is 2.04. The SMILES string of the molecule is c1cn(-c2ccc3c(c2)CNCC3)cn1. The third kappa shape index (κ3) is 1.55. The van der Waals surface area contributed by atoms with E-state index >= 15 is 0 Å². The average Bonchev–Trinajstić information content (AvgIpc) is 2.82. The minimum atomic E-state index is 0.984. The molecule has 2 aromatic rings. The van der Waals surface area contributed by atoms with Gasteiger partial charge in [-0.3, -0.25) is 0 Å². The highest BCUT2D eigenvalue weighted by Crippen LogP contribution is 2.18. The molecule has 1 aliphatic rings. The molecule has 0 saturated heterocycles. The van der Waals surface area contributed by atoms with Gasteiger partial charge in [-0.25, -0.2) is 4.98 Å². The van der Waals surface area contributed by atoms with Crippen LogP contribution in [0.2, 0.25) is 0 Å². The first-order valence-corrected chi connectivity index (χ1v) is 5.24. The number of imidazole rings is 1. The quantitative estimate of drug-likeness (QED) is 0.754. The first-order valence-electron chi connectivity index (χ1n) is 5.24. The van der Waals surface area contributed by atoms with E-state index in [0.717, 1.165) is 19.5 Å². The van der Waals surface area contributed by atoms with Crippen LogP contribution in [0.25, 0.3) is 5.69 Å². The first kappa shape index (κ1) is 8.68. The van der Waals surface area contributed by atoms with Crippen LogP contribution in [-0.2, 0) is 13.0 Å². The van der Waals surface area contributed by atoms with Crippen molar-refractivity contribution in [2.24, 2.45) is 0 Å². The molecule has 1 aromatic carbocycles. The second-order valence-corrected chi connectivity index (χ2v) is 3.85. The Morgan fingerprint density at radius 2 is 2.27 bits per heavy atom. The van der Waals surface area contributed by atoms with Crippen LogP contribution in [0.4, 0.5) is 0 Å². The second-order valence-electron chi connectivity index (χ2n) is 3.85. The van der Waals surface area contributed by atoms with Gasteiger partial charge in [-0.1, -0.05) is 6.07 Å². The number of hydrogen-bond donors (Lipinski definition) is 1. The smallest absolute Gasteiger partial charge is 0.0991 e. The summed E-state index contributed by atoms with van der Waals surface area (Å²) < 4.78 is 2.04. The van der Waals surface area contributed by atoms with Gasteiger partial charge in [0, 0.05) is 24.6 Å². The predicted molar refractivity (Wildman–Crippen MR) is 59.0 cm³/mol. The van der Waals surface area contributed by atoms with Crippen molar-refractivity contribution in [1.82, 2.24) is 14.9 Å². The molecular weight excluding hydrogens is 186 g/mol. The number of fused-ring (bicyclic) bond motifs is 1. The van der Waals surface area contributed by atoms with Gasteiger partial charge < -0.3 is 9.88 Å². The molecule has 0 spiro atoms. The second kappa shape index (κ2) is 3.51. The summed E-state index contributed by atoms with van der Waals surface area (Å²) in [7, 11) is 0. The van der Waals surface area contributed by atoms with E-state index in [0.29, 0.717) is 0 Å². The van der Waals surface area contributed by atoms with Crippen LogP contribution in [-0.4, -0.2) is 16.1 Å². The third-order valence-corrected chi connectivity index (χ3v) is 2.88. The summed E-state index contributed by atoms with van der Waals surface area (Å²) in [5.41, 5.74) is 4.07. The summed E-state index contributed by atoms with van der Waals surface area (Å²) in [5.74, 6) is 0. The van der Waals surface area contributed by atoms with Crippen LogP contribution in [0.15, 0.2) is 36.9 Å². The fourth-order valence-corrected chi connectivity index (χ4v) is 2.04. The zero-order valence-corrected chi connectivity index (χ0v) is 8.48. The molecule has 1 aromatic heterocycles. The van der Waals surface area contributed by atoms with Crippen molar-refractivity contribution in [3.05, 3.63) is 48.0 Å². The van der Waals surface area contributed by atoms with Crippen LogP contribution < -0.4 is 5.32 Å². The topological polar surface area (TPSA) is 29.9 Å². The zero-order valence-electron chi connectivity index (χ0n) is 8.48. The van der Waals surface area contributed by atoms with Gasteiger partial charge in [-0.2, -0.15) is 0 Å². The Kier molecular flexibility index (Phi) is 2.03. The third-order valence-electron chi connectivity index (χ3n) is 2.88. The number of aromatic nitrogens is 2. The van der Waals surface area contributed by atoms with Gasteiger partial charge in [-0.15, -0.1) is 0 Å². The van der Waals surface area contributed by atoms with Crippen molar-refractivity contribution in [1.29, 1.82) is 0 Å². The van der Waals surface area contributed by atoms with Gasteiger partial charge in [0.05, 0.1) is 6.33 Å². The minimum absolute atomic E-state index is 0.984. The lowest BCUT2D eigenvalue weighted by Gasteiger charge is -2.17. The van der Waals surface area contributed by atoms with Crippen molar-refractivity contribution in [3.63, 3.8) is 0 Å². The summed E-state index contributed by atoms with van der Waals surface area (Å²) >= 11 is 0. The zero-order chi connectivity index (χ0) is 10.1. The van der Waals surface area contributed by atoms with Crippen molar-refractivity contribution < 1.29 is 0 Å². The first-order chi connectivity index (χ1) is 7.43. The van der Waals surface area contributed by atoms with E-state index in [2.05, 4.69) is 28.5 Å². The lowest BCUT2D eigenvalue weighted by atomic mass is 10.0. The summed E-state index contributed by atoms with van der Waals surface area (Å²) in [6, 6.07) is 6.63. The fourth-order valence-electron chi connectivity index (χ4n) is 2.04. The molecule has 0 amide bonds. The molecule has 3 nitrogen and oxygen atoms in total. The molecule has 3 heteroatoms. The Morgan fingerprint density at radius 1 is 1.27 bits per heavy atom. The predicted octanol–water partition coefficient (Wildman–Crippen LogP) is 1.52. The van der Waals surface area contributed by atoms with Crippen molar-refractivity contribution in [2.45, 2.75) is 13.0 Å². The van der Waals surface area contributed by atoms with E-state index in [1.807, 2.05) is 17.1 Å². The summed E-state index contributed by atoms with van der Waals surface area (Å²) in [6.07, 6.45) is 6.74. The molecule has 0 fully saturated rings. The Hall–Kier alpha value is -1.61. The number of hydrogen-bond acceptors (Lipinski definition) is 2. The van der Waals surface area contributed by atoms with Gasteiger partial charge in [-0.05, 0) is 36.2 Å². The molecule has 2 heterocycles. The molecule has 0 aliphatic carbocycles. The van der Waals surface area contributed by atoms with Gasteiger partial charge >= 0.3 is 0 Å². The molecular formula is C12H13N3. The number of nitrogens with zero attached hydrogens (tertiary/aromatic N) is 2. The van der Waals surface area contributed by atoms with Gasteiger partial charge in [0.1, 0.15) is 0 Å². The highest BCUT2D eigenvalue weighted by molar-refractivity contribution is 5.41. The highest BCUT2D eigenvalue weighted by Gasteiger charge is 2.08. The molecule has 0 radical (unpaired) electrons. The fraction of sp³-hybridized carbons (Fsp3) is 0.250. The minimum Gasteiger partial charge on any atom is -0.312 e. The Morgan fingerprint density at radius 3 is 3.13 bits per heavy atom.